The van der Waals surface area contributed by atoms with E-state index in [4.69, 9.17) is 5.11 Å². The summed E-state index contributed by atoms with van der Waals surface area (Å²) in [4.78, 5) is 10.0. The maximum Gasteiger partial charge on any atom is 0.150 e. The minimum Gasteiger partial charge on any atom is -0.508 e. The number of aromatic hydroxyl groups is 1. The Kier molecular flexibility index (Phi) is 4.36. The molecule has 10 heavy (non-hydrogen) atoms. The number of carbonyl (C=O) groups excluding carboxylic acids is 1. The maximum atomic E-state index is 10.0. The first-order valence-corrected chi connectivity index (χ1v) is 2.57. The molecule has 0 atom stereocenters. The monoisotopic (exact) mass is 145 g/mol. The summed E-state index contributed by atoms with van der Waals surface area (Å²) >= 11 is 0. The van der Waals surface area contributed by atoms with Crippen molar-refractivity contribution < 1.29 is 9.90 Å². The molecule has 0 fully saturated rings. The first-order valence-electron chi connectivity index (χ1n) is 2.57. The SMILES string of the molecule is O=Cc1cccc(O)c1.[Na]. The molecule has 0 spiro atoms. The Hall–Kier alpha value is -0.310. The predicted molar refractivity (Wildman–Crippen MR) is 39.2 cm³/mol. The van der Waals surface area contributed by atoms with Crippen LogP contribution in [0.4, 0.5) is 0 Å². The van der Waals surface area contributed by atoms with Crippen LogP contribution in [-0.2, 0) is 0 Å². The zero-order valence-corrected chi connectivity index (χ0v) is 7.74. The Morgan fingerprint density at radius 2 is 2.10 bits per heavy atom. The fourth-order valence-corrected chi connectivity index (χ4v) is 0.598. The predicted octanol–water partition coefficient (Wildman–Crippen LogP) is 0.824. The van der Waals surface area contributed by atoms with Gasteiger partial charge in [-0.3, -0.25) is 4.79 Å². The molecule has 0 aromatic heterocycles. The smallest absolute Gasteiger partial charge is 0.150 e. The quantitative estimate of drug-likeness (QED) is 0.469. The third-order valence-electron chi connectivity index (χ3n) is 1.01. The van der Waals surface area contributed by atoms with Crippen molar-refractivity contribution in [1.82, 2.24) is 0 Å². The van der Waals surface area contributed by atoms with E-state index < -0.39 is 0 Å². The van der Waals surface area contributed by atoms with Crippen LogP contribution in [0.25, 0.3) is 0 Å². The molecule has 1 aromatic carbocycles. The minimum atomic E-state index is 0. The van der Waals surface area contributed by atoms with E-state index in [0.29, 0.717) is 11.8 Å². The van der Waals surface area contributed by atoms with Gasteiger partial charge in [0.1, 0.15) is 12.0 Å². The second-order valence-corrected chi connectivity index (χ2v) is 1.71. The second-order valence-electron chi connectivity index (χ2n) is 1.71. The topological polar surface area (TPSA) is 37.3 Å². The summed E-state index contributed by atoms with van der Waals surface area (Å²) in [5.41, 5.74) is 0.495. The summed E-state index contributed by atoms with van der Waals surface area (Å²) in [6, 6.07) is 6.19. The van der Waals surface area contributed by atoms with E-state index in [-0.39, 0.29) is 35.3 Å². The van der Waals surface area contributed by atoms with Gasteiger partial charge in [-0.15, -0.1) is 0 Å². The molecule has 0 aliphatic rings. The van der Waals surface area contributed by atoms with Crippen LogP contribution >= 0.6 is 0 Å². The Labute approximate surface area is 81.2 Å². The molecule has 1 radical (unpaired) electrons. The standard InChI is InChI=1S/C7H6O2.Na/c8-5-6-2-1-3-7(9)4-6;/h1-5,9H;. The van der Waals surface area contributed by atoms with Crippen molar-refractivity contribution in [3.8, 4) is 5.75 Å². The third-order valence-corrected chi connectivity index (χ3v) is 1.01. The molecule has 1 aromatic rings. The fraction of sp³-hybridized carbons (Fsp3) is 0. The molecular weight excluding hydrogens is 139 g/mol. The number of hydrogen-bond acceptors (Lipinski definition) is 2. The summed E-state index contributed by atoms with van der Waals surface area (Å²) in [5, 5.41) is 8.79. The molecule has 3 heteroatoms. The van der Waals surface area contributed by atoms with E-state index in [2.05, 4.69) is 0 Å². The Morgan fingerprint density at radius 1 is 1.40 bits per heavy atom. The van der Waals surface area contributed by atoms with Gasteiger partial charge in [0.25, 0.3) is 0 Å². The number of benzene rings is 1. The van der Waals surface area contributed by atoms with Crippen LogP contribution < -0.4 is 0 Å². The van der Waals surface area contributed by atoms with Crippen LogP contribution in [0.5, 0.6) is 5.75 Å². The summed E-state index contributed by atoms with van der Waals surface area (Å²) in [6.07, 6.45) is 0.694. The molecule has 0 bridgehead atoms. The third kappa shape index (κ3) is 2.52. The number of aldehydes is 1. The zero-order valence-electron chi connectivity index (χ0n) is 5.74. The molecule has 0 aliphatic heterocycles. The number of rotatable bonds is 1. The number of phenols is 1. The fourth-order valence-electron chi connectivity index (χ4n) is 0.598. The molecule has 1 rings (SSSR count). The van der Waals surface area contributed by atoms with Crippen molar-refractivity contribution in [3.05, 3.63) is 29.8 Å². The number of phenolic OH excluding ortho intramolecular Hbond substituents is 1. The average Bonchev–Trinajstić information content (AvgIpc) is 1.88. The Bertz CT molecular complexity index is 223. The van der Waals surface area contributed by atoms with Crippen LogP contribution in [0.3, 0.4) is 0 Å². The van der Waals surface area contributed by atoms with Crippen LogP contribution in [0.2, 0.25) is 0 Å². The van der Waals surface area contributed by atoms with Crippen molar-refractivity contribution in [3.63, 3.8) is 0 Å². The Balaban J connectivity index is 0.000000810. The normalized spacial score (nSPS) is 8.00. The minimum absolute atomic E-state index is 0. The van der Waals surface area contributed by atoms with E-state index in [1.807, 2.05) is 0 Å². The van der Waals surface area contributed by atoms with E-state index >= 15 is 0 Å². The molecule has 0 heterocycles. The summed E-state index contributed by atoms with van der Waals surface area (Å²) in [6.45, 7) is 0. The maximum absolute atomic E-state index is 10.0. The van der Waals surface area contributed by atoms with Gasteiger partial charge in [-0.05, 0) is 12.1 Å². The molecule has 47 valence electrons. The molecule has 0 aliphatic carbocycles. The molecule has 0 saturated carbocycles. The first kappa shape index (κ1) is 9.69. The number of carbonyl (C=O) groups is 1. The molecule has 2 nitrogen and oxygen atoms in total. The zero-order chi connectivity index (χ0) is 6.69. The van der Waals surface area contributed by atoms with E-state index in [9.17, 15) is 4.79 Å². The summed E-state index contributed by atoms with van der Waals surface area (Å²) in [5.74, 6) is 0.125. The van der Waals surface area contributed by atoms with Gasteiger partial charge in [-0.25, -0.2) is 0 Å². The second kappa shape index (κ2) is 4.50. The first-order chi connectivity index (χ1) is 4.33. The molecule has 0 unspecified atom stereocenters. The molecule has 0 amide bonds. The van der Waals surface area contributed by atoms with Gasteiger partial charge in [0.05, 0.1) is 0 Å². The van der Waals surface area contributed by atoms with Gasteiger partial charge in [0.2, 0.25) is 0 Å². The van der Waals surface area contributed by atoms with E-state index in [0.717, 1.165) is 0 Å². The van der Waals surface area contributed by atoms with Crippen LogP contribution in [0.1, 0.15) is 10.4 Å². The van der Waals surface area contributed by atoms with Crippen LogP contribution in [-0.4, -0.2) is 40.9 Å². The molecule has 1 N–H and O–H groups in total. The van der Waals surface area contributed by atoms with Crippen molar-refractivity contribution >= 4 is 35.8 Å². The van der Waals surface area contributed by atoms with Gasteiger partial charge < -0.3 is 5.11 Å². The average molecular weight is 145 g/mol. The van der Waals surface area contributed by atoms with Gasteiger partial charge in [0, 0.05) is 35.1 Å². The van der Waals surface area contributed by atoms with Crippen molar-refractivity contribution in [1.29, 1.82) is 0 Å². The van der Waals surface area contributed by atoms with Crippen LogP contribution in [0, 0.1) is 0 Å². The number of hydrogen-bond donors (Lipinski definition) is 1. The van der Waals surface area contributed by atoms with Gasteiger partial charge in [0.15, 0.2) is 0 Å². The van der Waals surface area contributed by atoms with Crippen molar-refractivity contribution in [2.75, 3.05) is 0 Å². The van der Waals surface area contributed by atoms with E-state index in [1.54, 1.807) is 12.1 Å². The van der Waals surface area contributed by atoms with Gasteiger partial charge in [-0.2, -0.15) is 0 Å². The van der Waals surface area contributed by atoms with Gasteiger partial charge in [-0.1, -0.05) is 12.1 Å². The summed E-state index contributed by atoms with van der Waals surface area (Å²) in [7, 11) is 0. The van der Waals surface area contributed by atoms with Crippen molar-refractivity contribution in [2.45, 2.75) is 0 Å². The summed E-state index contributed by atoms with van der Waals surface area (Å²) < 4.78 is 0. The molecular formula is C7H6NaO2. The van der Waals surface area contributed by atoms with Crippen molar-refractivity contribution in [2.24, 2.45) is 0 Å². The largest absolute Gasteiger partial charge is 0.508 e. The van der Waals surface area contributed by atoms with Crippen LogP contribution in [0.15, 0.2) is 24.3 Å². The molecule has 0 saturated heterocycles. The van der Waals surface area contributed by atoms with Gasteiger partial charge >= 0.3 is 0 Å². The Morgan fingerprint density at radius 3 is 2.50 bits per heavy atom. The van der Waals surface area contributed by atoms with E-state index in [1.165, 1.54) is 12.1 Å².